The molecule has 2 aromatic carbocycles. The van der Waals surface area contributed by atoms with Gasteiger partial charge in [0, 0.05) is 98.3 Å². The number of fused-ring (bicyclic) bond motifs is 1. The lowest BCUT2D eigenvalue weighted by molar-refractivity contribution is -0.119. The molecule has 3 aromatic heterocycles. The molecule has 1 unspecified atom stereocenters. The monoisotopic (exact) mass is 729 g/mol. The van der Waals surface area contributed by atoms with E-state index in [1.165, 1.54) is 0 Å². The Labute approximate surface area is 306 Å². The Balaban J connectivity index is 1.14. The number of aromatic nitrogens is 4. The zero-order valence-corrected chi connectivity index (χ0v) is 30.6. The van der Waals surface area contributed by atoms with Crippen LogP contribution in [0.15, 0.2) is 65.6 Å². The van der Waals surface area contributed by atoms with Crippen LogP contribution in [0, 0.1) is 5.92 Å². The maximum Gasteiger partial charge on any atom is 0.277 e. The number of hydrogen-bond acceptors (Lipinski definition) is 8. The molecule has 51 heavy (non-hydrogen) atoms. The van der Waals surface area contributed by atoms with Gasteiger partial charge in [-0.1, -0.05) is 65.7 Å². The van der Waals surface area contributed by atoms with E-state index in [-0.39, 0.29) is 23.6 Å². The van der Waals surface area contributed by atoms with Crippen molar-refractivity contribution in [1.29, 1.82) is 0 Å². The molecule has 11 nitrogen and oxygen atoms in total. The highest BCUT2D eigenvalue weighted by atomic mass is 35.5. The molecule has 5 aromatic rings. The molecular weight excluding hydrogens is 689 g/mol. The highest BCUT2D eigenvalue weighted by Crippen LogP contribution is 2.42. The van der Waals surface area contributed by atoms with Crippen molar-refractivity contribution in [3.05, 3.63) is 92.6 Å². The van der Waals surface area contributed by atoms with Crippen molar-refractivity contribution >= 4 is 34.6 Å². The molecule has 2 saturated heterocycles. The van der Waals surface area contributed by atoms with Gasteiger partial charge in [-0.25, -0.2) is 9.50 Å². The van der Waals surface area contributed by atoms with Crippen LogP contribution in [0.3, 0.4) is 0 Å². The molecule has 7 rings (SSSR count). The third-order valence-electron chi connectivity index (χ3n) is 10.1. The first kappa shape index (κ1) is 35.2. The van der Waals surface area contributed by atoms with Crippen molar-refractivity contribution in [2.45, 2.75) is 45.0 Å². The molecule has 2 fully saturated rings. The van der Waals surface area contributed by atoms with E-state index in [4.69, 9.17) is 42.8 Å². The van der Waals surface area contributed by atoms with Crippen molar-refractivity contribution in [3.8, 4) is 39.4 Å². The van der Waals surface area contributed by atoms with Gasteiger partial charge in [0.2, 0.25) is 11.8 Å². The summed E-state index contributed by atoms with van der Waals surface area (Å²) < 4.78 is 14.4. The van der Waals surface area contributed by atoms with Crippen molar-refractivity contribution in [3.63, 3.8) is 0 Å². The van der Waals surface area contributed by atoms with E-state index in [0.717, 1.165) is 52.9 Å². The fourth-order valence-corrected chi connectivity index (χ4v) is 7.59. The standard InChI is InChI=1S/C38H41Cl2N7O4/c1-22(50-3)25-18-46(19-25)21-33-44-47-20-24(15-32(47)38(49)45(33)2)27-7-5-8-28(35(27)39)29-9-6-10-30(36(29)40)31-13-11-23(37(43-31)51-4)16-41-17-26-12-14-34(48)42-26/h5-11,13,15,20,22,25-26,41H,12,14,16-19,21H2,1-4H3,(H,42,48)/t22?,26-/m0/s1. The number of benzene rings is 2. The number of nitrogens with one attached hydrogen (secondary N) is 2. The Hall–Kier alpha value is -4.26. The first-order valence-electron chi connectivity index (χ1n) is 17.1. The van der Waals surface area contributed by atoms with Gasteiger partial charge in [0.05, 0.1) is 35.5 Å². The SMILES string of the molecule is COc1nc(-c2cccc(-c3cccc(-c4cc5c(=O)n(C)c(CN6CC(C(C)OC)C6)nn5c4)c3Cl)c2Cl)ccc1CNC[C@@H]1CCC(=O)N1. The van der Waals surface area contributed by atoms with E-state index >= 15 is 0 Å². The minimum absolute atomic E-state index is 0.0963. The van der Waals surface area contributed by atoms with Crippen LogP contribution in [-0.4, -0.2) is 76.0 Å². The van der Waals surface area contributed by atoms with Gasteiger partial charge in [-0.15, -0.1) is 0 Å². The second-order valence-electron chi connectivity index (χ2n) is 13.4. The van der Waals surface area contributed by atoms with Gasteiger partial charge < -0.3 is 20.1 Å². The van der Waals surface area contributed by atoms with E-state index in [2.05, 4.69) is 22.5 Å². The Morgan fingerprint density at radius 3 is 2.39 bits per heavy atom. The normalized spacial score (nSPS) is 17.1. The molecule has 0 bridgehead atoms. The maximum absolute atomic E-state index is 13.5. The summed E-state index contributed by atoms with van der Waals surface area (Å²) in [6.07, 6.45) is 3.45. The second-order valence-corrected chi connectivity index (χ2v) is 14.1. The van der Waals surface area contributed by atoms with Crippen LogP contribution in [-0.2, 0) is 29.7 Å². The van der Waals surface area contributed by atoms with Gasteiger partial charge in [0.15, 0.2) is 0 Å². The number of hydrogen-bond donors (Lipinski definition) is 2. The number of halogens is 2. The minimum Gasteiger partial charge on any atom is -0.481 e. The number of methoxy groups -OCH3 is 2. The molecule has 0 spiro atoms. The van der Waals surface area contributed by atoms with Crippen molar-refractivity contribution in [1.82, 2.24) is 34.7 Å². The summed E-state index contributed by atoms with van der Waals surface area (Å²) in [4.78, 5) is 32.0. The number of amides is 1. The lowest BCUT2D eigenvalue weighted by Gasteiger charge is -2.41. The van der Waals surface area contributed by atoms with Crippen LogP contribution < -0.4 is 20.9 Å². The summed E-state index contributed by atoms with van der Waals surface area (Å²) in [6, 6.07) is 17.4. The van der Waals surface area contributed by atoms with Gasteiger partial charge in [-0.2, -0.15) is 5.10 Å². The highest BCUT2D eigenvalue weighted by molar-refractivity contribution is 6.39. The fourth-order valence-electron chi connectivity index (χ4n) is 6.93. The van der Waals surface area contributed by atoms with Crippen LogP contribution in [0.25, 0.3) is 39.0 Å². The molecule has 5 heterocycles. The Kier molecular flexibility index (Phi) is 10.2. The van der Waals surface area contributed by atoms with Gasteiger partial charge in [0.1, 0.15) is 11.3 Å². The summed E-state index contributed by atoms with van der Waals surface area (Å²) in [5.41, 5.74) is 5.69. The van der Waals surface area contributed by atoms with Crippen LogP contribution in [0.5, 0.6) is 5.88 Å². The number of nitrogens with zero attached hydrogens (tertiary/aromatic N) is 5. The summed E-state index contributed by atoms with van der Waals surface area (Å²) >= 11 is 14.3. The molecule has 266 valence electrons. The largest absolute Gasteiger partial charge is 0.481 e. The van der Waals surface area contributed by atoms with Crippen LogP contribution in [0.1, 0.15) is 31.2 Å². The first-order chi connectivity index (χ1) is 24.6. The van der Waals surface area contributed by atoms with Crippen molar-refractivity contribution in [2.24, 2.45) is 13.0 Å². The van der Waals surface area contributed by atoms with E-state index < -0.39 is 0 Å². The van der Waals surface area contributed by atoms with Gasteiger partial charge >= 0.3 is 0 Å². The van der Waals surface area contributed by atoms with Gasteiger partial charge in [-0.05, 0) is 25.5 Å². The van der Waals surface area contributed by atoms with Crippen molar-refractivity contribution < 1.29 is 14.3 Å². The van der Waals surface area contributed by atoms with E-state index in [0.29, 0.717) is 64.9 Å². The third-order valence-corrected chi connectivity index (χ3v) is 10.9. The zero-order valence-electron chi connectivity index (χ0n) is 29.1. The van der Waals surface area contributed by atoms with Crippen molar-refractivity contribution in [2.75, 3.05) is 33.9 Å². The smallest absolute Gasteiger partial charge is 0.277 e. The summed E-state index contributed by atoms with van der Waals surface area (Å²) in [6.45, 7) is 5.69. The highest BCUT2D eigenvalue weighted by Gasteiger charge is 2.32. The molecular formula is C38H41Cl2N7O4. The van der Waals surface area contributed by atoms with Crippen LogP contribution >= 0.6 is 23.2 Å². The molecule has 0 radical (unpaired) electrons. The fraction of sp³-hybridized carbons (Fsp3) is 0.368. The van der Waals surface area contributed by atoms with E-state index in [9.17, 15) is 9.59 Å². The number of likely N-dealkylation sites (tertiary alicyclic amines) is 1. The van der Waals surface area contributed by atoms with Crippen LogP contribution in [0.4, 0.5) is 0 Å². The predicted molar refractivity (Wildman–Crippen MR) is 199 cm³/mol. The lowest BCUT2D eigenvalue weighted by atomic mass is 9.95. The zero-order chi connectivity index (χ0) is 35.8. The molecule has 0 aliphatic carbocycles. The number of carbonyl (C=O) groups is 1. The van der Waals surface area contributed by atoms with E-state index in [1.54, 1.807) is 30.3 Å². The lowest BCUT2D eigenvalue weighted by Crippen LogP contribution is -2.51. The average Bonchev–Trinajstić information content (AvgIpc) is 3.74. The molecule has 13 heteroatoms. The topological polar surface area (TPSA) is 115 Å². The second kappa shape index (κ2) is 14.8. The van der Waals surface area contributed by atoms with Gasteiger partial charge in [0.25, 0.3) is 5.56 Å². The Morgan fingerprint density at radius 2 is 1.71 bits per heavy atom. The Morgan fingerprint density at radius 1 is 1.00 bits per heavy atom. The molecule has 1 amide bonds. The van der Waals surface area contributed by atoms with Gasteiger partial charge in [-0.3, -0.25) is 19.1 Å². The molecule has 2 N–H and O–H groups in total. The molecule has 2 aliphatic rings. The summed E-state index contributed by atoms with van der Waals surface area (Å²) in [7, 11) is 5.10. The Bertz CT molecular complexity index is 2160. The molecule has 2 atom stereocenters. The third kappa shape index (κ3) is 7.01. The summed E-state index contributed by atoms with van der Waals surface area (Å²) in [5.74, 6) is 1.76. The number of pyridine rings is 1. The summed E-state index contributed by atoms with van der Waals surface area (Å²) in [5, 5.41) is 12.2. The molecule has 0 saturated carbocycles. The van der Waals surface area contributed by atoms with E-state index in [1.807, 2.05) is 60.8 Å². The predicted octanol–water partition coefficient (Wildman–Crippen LogP) is 5.58. The van der Waals surface area contributed by atoms with Crippen LogP contribution in [0.2, 0.25) is 10.0 Å². The quantitative estimate of drug-likeness (QED) is 0.171. The maximum atomic E-state index is 13.5. The number of ether oxygens (including phenoxy) is 2. The first-order valence-corrected chi connectivity index (χ1v) is 17.9. The minimum atomic E-state index is -0.122. The number of rotatable bonds is 12. The molecule has 2 aliphatic heterocycles. The average molecular weight is 731 g/mol. The number of carbonyl (C=O) groups excluding carboxylic acids is 1.